The van der Waals surface area contributed by atoms with E-state index in [1.807, 2.05) is 35.9 Å². The number of hydrogen-bond donors (Lipinski definition) is 0. The van der Waals surface area contributed by atoms with Gasteiger partial charge in [-0.2, -0.15) is 5.10 Å². The summed E-state index contributed by atoms with van der Waals surface area (Å²) in [7, 11) is 0. The van der Waals surface area contributed by atoms with Crippen molar-refractivity contribution >= 4 is 5.78 Å². The molecule has 106 valence electrons. The lowest BCUT2D eigenvalue weighted by Crippen LogP contribution is -2.10. The third-order valence-electron chi connectivity index (χ3n) is 3.34. The van der Waals surface area contributed by atoms with Gasteiger partial charge in [0.2, 0.25) is 0 Å². The first-order valence-electron chi connectivity index (χ1n) is 7.20. The smallest absolute Gasteiger partial charge is 0.139 e. The number of pyridine rings is 1. The van der Waals surface area contributed by atoms with E-state index in [0.29, 0.717) is 19.3 Å². The number of nitrogens with zero attached hydrogens (tertiary/aromatic N) is 3. The average molecular weight is 271 g/mol. The molecule has 0 aliphatic carbocycles. The summed E-state index contributed by atoms with van der Waals surface area (Å²) < 4.78 is 1.93. The maximum absolute atomic E-state index is 12.1. The normalized spacial score (nSPS) is 10.7. The molecule has 0 bridgehead atoms. The van der Waals surface area contributed by atoms with Gasteiger partial charge in [-0.1, -0.05) is 13.0 Å². The van der Waals surface area contributed by atoms with Gasteiger partial charge in [-0.05, 0) is 38.0 Å². The fourth-order valence-electron chi connectivity index (χ4n) is 2.21. The predicted octanol–water partition coefficient (Wildman–Crippen LogP) is 2.60. The first kappa shape index (κ1) is 14.4. The van der Waals surface area contributed by atoms with Crippen LogP contribution in [-0.4, -0.2) is 20.5 Å². The monoisotopic (exact) mass is 271 g/mol. The molecule has 4 heteroatoms. The van der Waals surface area contributed by atoms with Crippen LogP contribution in [-0.2, 0) is 30.6 Å². The van der Waals surface area contributed by atoms with E-state index in [9.17, 15) is 4.79 Å². The fraction of sp³-hybridized carbons (Fsp3) is 0.438. The van der Waals surface area contributed by atoms with Crippen LogP contribution in [0.15, 0.2) is 30.5 Å². The van der Waals surface area contributed by atoms with Gasteiger partial charge in [0.1, 0.15) is 5.78 Å². The van der Waals surface area contributed by atoms with Gasteiger partial charge in [-0.15, -0.1) is 0 Å². The van der Waals surface area contributed by atoms with Crippen molar-refractivity contribution in [3.8, 4) is 0 Å². The van der Waals surface area contributed by atoms with Gasteiger partial charge >= 0.3 is 0 Å². The third kappa shape index (κ3) is 3.76. The highest BCUT2D eigenvalue weighted by molar-refractivity contribution is 5.80. The zero-order valence-electron chi connectivity index (χ0n) is 12.2. The Kier molecular flexibility index (Phi) is 5.04. The van der Waals surface area contributed by atoms with Crippen molar-refractivity contribution in [2.45, 2.75) is 46.1 Å². The van der Waals surface area contributed by atoms with E-state index in [0.717, 1.165) is 30.0 Å². The van der Waals surface area contributed by atoms with Crippen molar-refractivity contribution in [3.05, 3.63) is 47.5 Å². The number of carbonyl (C=O) groups is 1. The molecule has 0 saturated heterocycles. The maximum atomic E-state index is 12.1. The zero-order valence-corrected chi connectivity index (χ0v) is 12.2. The van der Waals surface area contributed by atoms with Gasteiger partial charge in [0.25, 0.3) is 0 Å². The number of rotatable bonds is 7. The van der Waals surface area contributed by atoms with Gasteiger partial charge in [-0.3, -0.25) is 14.5 Å². The lowest BCUT2D eigenvalue weighted by molar-refractivity contribution is -0.118. The number of ketones is 1. The van der Waals surface area contributed by atoms with Crippen LogP contribution in [0.5, 0.6) is 0 Å². The van der Waals surface area contributed by atoms with Crippen LogP contribution in [0.4, 0.5) is 0 Å². The van der Waals surface area contributed by atoms with Crippen LogP contribution in [0, 0.1) is 0 Å². The molecule has 20 heavy (non-hydrogen) atoms. The maximum Gasteiger partial charge on any atom is 0.139 e. The summed E-state index contributed by atoms with van der Waals surface area (Å²) in [5, 5.41) is 4.47. The van der Waals surface area contributed by atoms with Gasteiger partial charge in [-0.25, -0.2) is 0 Å². The highest BCUT2D eigenvalue weighted by atomic mass is 16.1. The minimum Gasteiger partial charge on any atom is -0.299 e. The van der Waals surface area contributed by atoms with E-state index in [2.05, 4.69) is 17.0 Å². The topological polar surface area (TPSA) is 47.8 Å². The molecule has 0 N–H and O–H groups in total. The van der Waals surface area contributed by atoms with Crippen LogP contribution in [0.3, 0.4) is 0 Å². The minimum absolute atomic E-state index is 0.243. The van der Waals surface area contributed by atoms with E-state index in [1.165, 1.54) is 0 Å². The molecule has 0 aliphatic rings. The van der Waals surface area contributed by atoms with Crippen molar-refractivity contribution in [3.63, 3.8) is 0 Å². The summed E-state index contributed by atoms with van der Waals surface area (Å²) in [5.41, 5.74) is 3.05. The van der Waals surface area contributed by atoms with E-state index in [-0.39, 0.29) is 5.78 Å². The van der Waals surface area contributed by atoms with Crippen molar-refractivity contribution < 1.29 is 4.79 Å². The molecule has 0 aliphatic heterocycles. The molecular formula is C16H21N3O. The van der Waals surface area contributed by atoms with Gasteiger partial charge in [0.15, 0.2) is 0 Å². The zero-order chi connectivity index (χ0) is 14.4. The summed E-state index contributed by atoms with van der Waals surface area (Å²) in [6.45, 7) is 4.94. The van der Waals surface area contributed by atoms with E-state index in [1.54, 1.807) is 6.20 Å². The predicted molar refractivity (Wildman–Crippen MR) is 78.5 cm³/mol. The highest BCUT2D eigenvalue weighted by Crippen LogP contribution is 2.09. The molecule has 0 atom stereocenters. The van der Waals surface area contributed by atoms with Crippen LogP contribution in [0.2, 0.25) is 0 Å². The molecule has 4 nitrogen and oxygen atoms in total. The van der Waals surface area contributed by atoms with Gasteiger partial charge in [0, 0.05) is 37.0 Å². The lowest BCUT2D eigenvalue weighted by Gasteiger charge is -2.04. The molecule has 0 saturated carbocycles. The number of aryl methyl sites for hydroxylation is 3. The molecule has 2 rings (SSSR count). The molecule has 2 aromatic heterocycles. The quantitative estimate of drug-likeness (QED) is 0.777. The summed E-state index contributed by atoms with van der Waals surface area (Å²) in [6, 6.07) is 7.84. The Morgan fingerprint density at radius 1 is 1.25 bits per heavy atom. The Bertz CT molecular complexity index is 560. The number of aromatic nitrogens is 3. The second-order valence-corrected chi connectivity index (χ2v) is 4.83. The van der Waals surface area contributed by atoms with Crippen LogP contribution >= 0.6 is 0 Å². The molecule has 0 amide bonds. The van der Waals surface area contributed by atoms with Crippen molar-refractivity contribution in [1.82, 2.24) is 14.8 Å². The lowest BCUT2D eigenvalue weighted by atomic mass is 10.1. The van der Waals surface area contributed by atoms with Gasteiger partial charge < -0.3 is 0 Å². The third-order valence-corrected chi connectivity index (χ3v) is 3.34. The van der Waals surface area contributed by atoms with Crippen LogP contribution in [0.1, 0.15) is 37.4 Å². The average Bonchev–Trinajstić information content (AvgIpc) is 2.88. The molecule has 0 fully saturated rings. The van der Waals surface area contributed by atoms with Gasteiger partial charge in [0.05, 0.1) is 5.69 Å². The first-order chi connectivity index (χ1) is 9.72. The number of Topliss-reactive ketones (excluding diaryl/α,β-unsaturated/α-hetero) is 1. The van der Waals surface area contributed by atoms with Crippen molar-refractivity contribution in [2.75, 3.05) is 0 Å². The standard InChI is InChI=1S/C16H21N3O/c1-3-13-11-15(19(4-2)18-13)12-16(20)9-8-14-7-5-6-10-17-14/h5-7,10-11H,3-4,8-9,12H2,1-2H3. The molecule has 2 heterocycles. The first-order valence-corrected chi connectivity index (χ1v) is 7.20. The minimum atomic E-state index is 0.243. The summed E-state index contributed by atoms with van der Waals surface area (Å²) in [5.74, 6) is 0.243. The number of carbonyl (C=O) groups excluding carboxylic acids is 1. The molecule has 0 aromatic carbocycles. The van der Waals surface area contributed by atoms with Crippen LogP contribution in [0.25, 0.3) is 0 Å². The Hall–Kier alpha value is -1.97. The SMILES string of the molecule is CCc1cc(CC(=O)CCc2ccccn2)n(CC)n1. The summed E-state index contributed by atoms with van der Waals surface area (Å²) >= 11 is 0. The molecule has 0 unspecified atom stereocenters. The molecular weight excluding hydrogens is 250 g/mol. The van der Waals surface area contributed by atoms with E-state index in [4.69, 9.17) is 0 Å². The Labute approximate surface area is 119 Å². The second kappa shape index (κ2) is 6.98. The Morgan fingerprint density at radius 3 is 2.75 bits per heavy atom. The van der Waals surface area contributed by atoms with Crippen molar-refractivity contribution in [1.29, 1.82) is 0 Å². The molecule has 2 aromatic rings. The number of hydrogen-bond acceptors (Lipinski definition) is 3. The second-order valence-electron chi connectivity index (χ2n) is 4.83. The van der Waals surface area contributed by atoms with Crippen molar-refractivity contribution in [2.24, 2.45) is 0 Å². The largest absolute Gasteiger partial charge is 0.299 e. The molecule has 0 radical (unpaired) electrons. The molecule has 0 spiro atoms. The highest BCUT2D eigenvalue weighted by Gasteiger charge is 2.11. The Morgan fingerprint density at radius 2 is 2.10 bits per heavy atom. The van der Waals surface area contributed by atoms with E-state index < -0.39 is 0 Å². The Balaban J connectivity index is 1.92. The summed E-state index contributed by atoms with van der Waals surface area (Å²) in [4.78, 5) is 16.3. The van der Waals surface area contributed by atoms with E-state index >= 15 is 0 Å². The summed E-state index contributed by atoms with van der Waals surface area (Å²) in [6.07, 6.45) is 4.38. The van der Waals surface area contributed by atoms with Crippen LogP contribution < -0.4 is 0 Å². The fourth-order valence-corrected chi connectivity index (χ4v) is 2.21.